The van der Waals surface area contributed by atoms with Crippen LogP contribution in [0, 0.1) is 0 Å². The lowest BCUT2D eigenvalue weighted by molar-refractivity contribution is -0.156. The van der Waals surface area contributed by atoms with Crippen molar-refractivity contribution in [2.24, 2.45) is 5.73 Å². The molecule has 0 aliphatic carbocycles. The summed E-state index contributed by atoms with van der Waals surface area (Å²) in [5, 5.41) is 9.55. The smallest absolute Gasteiger partial charge is 0.328 e. The number of nitrogens with zero attached hydrogens (tertiary/aromatic N) is 1. The first kappa shape index (κ1) is 21.1. The van der Waals surface area contributed by atoms with Crippen LogP contribution in [0.5, 0.6) is 0 Å². The van der Waals surface area contributed by atoms with E-state index in [0.29, 0.717) is 6.42 Å². The van der Waals surface area contributed by atoms with Crippen molar-refractivity contribution in [1.82, 2.24) is 10.4 Å². The SMILES string of the molecule is CCCCC(=O)N(NC(C)=O)[C@@H](CC(S)C(S)CN)C(=O)O. The molecule has 0 fully saturated rings. The number of amides is 2. The van der Waals surface area contributed by atoms with Gasteiger partial charge in [0.05, 0.1) is 0 Å². The molecule has 0 saturated heterocycles. The number of nitrogens with one attached hydrogen (secondary N) is 1. The second kappa shape index (κ2) is 10.7. The molecule has 2 unspecified atom stereocenters. The number of carboxylic acid groups (broad SMARTS) is 1. The highest BCUT2D eigenvalue weighted by atomic mass is 32.1. The van der Waals surface area contributed by atoms with E-state index in [1.54, 1.807) is 0 Å². The average Bonchev–Trinajstić information content (AvgIpc) is 2.46. The Balaban J connectivity index is 5.17. The van der Waals surface area contributed by atoms with Crippen LogP contribution in [0.15, 0.2) is 0 Å². The standard InChI is InChI=1S/C13H25N3O4S2/c1-3-4-5-12(18)16(15-8(2)17)9(13(19)20)6-10(21)11(22)7-14/h9-11,21-22H,3-7,14H2,1-2H3,(H,15,17)(H,19,20)/t9-,10?,11?/m0/s1. The average molecular weight is 351 g/mol. The number of thiol groups is 2. The summed E-state index contributed by atoms with van der Waals surface area (Å²) >= 11 is 8.52. The molecule has 0 heterocycles. The normalized spacial score (nSPS) is 14.8. The van der Waals surface area contributed by atoms with Gasteiger partial charge in [-0.25, -0.2) is 9.80 Å². The summed E-state index contributed by atoms with van der Waals surface area (Å²) in [5.74, 6) is -2.16. The summed E-state index contributed by atoms with van der Waals surface area (Å²) in [6.07, 6.45) is 1.60. The van der Waals surface area contributed by atoms with E-state index in [1.807, 2.05) is 6.92 Å². The van der Waals surface area contributed by atoms with Crippen molar-refractivity contribution in [3.63, 3.8) is 0 Å². The summed E-state index contributed by atoms with van der Waals surface area (Å²) in [6.45, 7) is 3.37. The zero-order chi connectivity index (χ0) is 17.3. The Bertz CT molecular complexity index is 395. The van der Waals surface area contributed by atoms with E-state index < -0.39 is 29.1 Å². The molecule has 0 aromatic rings. The molecule has 0 radical (unpaired) electrons. The van der Waals surface area contributed by atoms with Crippen molar-refractivity contribution in [1.29, 1.82) is 0 Å². The van der Waals surface area contributed by atoms with E-state index in [9.17, 15) is 19.5 Å². The molecule has 7 nitrogen and oxygen atoms in total. The van der Waals surface area contributed by atoms with Crippen molar-refractivity contribution in [3.8, 4) is 0 Å². The first-order valence-electron chi connectivity index (χ1n) is 7.12. The van der Waals surface area contributed by atoms with Crippen molar-refractivity contribution in [3.05, 3.63) is 0 Å². The number of carbonyl (C=O) groups is 3. The molecule has 9 heteroatoms. The van der Waals surface area contributed by atoms with Gasteiger partial charge in [-0.05, 0) is 12.8 Å². The van der Waals surface area contributed by atoms with Gasteiger partial charge in [0.25, 0.3) is 0 Å². The van der Waals surface area contributed by atoms with Gasteiger partial charge in [-0.1, -0.05) is 13.3 Å². The van der Waals surface area contributed by atoms with Crippen LogP contribution < -0.4 is 11.2 Å². The van der Waals surface area contributed by atoms with Crippen LogP contribution in [0.3, 0.4) is 0 Å². The zero-order valence-electron chi connectivity index (χ0n) is 12.9. The van der Waals surface area contributed by atoms with Crippen LogP contribution in [-0.4, -0.2) is 51.0 Å². The predicted molar refractivity (Wildman–Crippen MR) is 90.8 cm³/mol. The van der Waals surface area contributed by atoms with Gasteiger partial charge in [-0.2, -0.15) is 25.3 Å². The van der Waals surface area contributed by atoms with Gasteiger partial charge < -0.3 is 10.8 Å². The van der Waals surface area contributed by atoms with E-state index in [0.717, 1.165) is 11.4 Å². The maximum Gasteiger partial charge on any atom is 0.328 e. The lowest BCUT2D eigenvalue weighted by atomic mass is 10.1. The van der Waals surface area contributed by atoms with Crippen LogP contribution >= 0.6 is 25.3 Å². The Morgan fingerprint density at radius 2 is 1.86 bits per heavy atom. The van der Waals surface area contributed by atoms with Gasteiger partial charge in [-0.15, -0.1) is 0 Å². The molecular formula is C13H25N3O4S2. The van der Waals surface area contributed by atoms with Crippen molar-refractivity contribution >= 4 is 43.0 Å². The molecule has 0 aliphatic heterocycles. The number of hydrogen-bond donors (Lipinski definition) is 5. The summed E-state index contributed by atoms with van der Waals surface area (Å²) in [6, 6.07) is -1.21. The fourth-order valence-corrected chi connectivity index (χ4v) is 2.23. The molecule has 3 atom stereocenters. The van der Waals surface area contributed by atoms with Crippen LogP contribution in [0.4, 0.5) is 0 Å². The minimum absolute atomic E-state index is 0.0297. The van der Waals surface area contributed by atoms with Crippen LogP contribution in [0.1, 0.15) is 39.5 Å². The number of carboxylic acids is 1. The van der Waals surface area contributed by atoms with E-state index >= 15 is 0 Å². The number of carbonyl (C=O) groups excluding carboxylic acids is 2. The quantitative estimate of drug-likeness (QED) is 0.306. The number of hydrogen-bond acceptors (Lipinski definition) is 6. The Morgan fingerprint density at radius 1 is 1.27 bits per heavy atom. The van der Waals surface area contributed by atoms with Crippen molar-refractivity contribution < 1.29 is 19.5 Å². The van der Waals surface area contributed by atoms with Crippen LogP contribution in [0.2, 0.25) is 0 Å². The van der Waals surface area contributed by atoms with Gasteiger partial charge in [0, 0.05) is 30.4 Å². The summed E-state index contributed by atoms with van der Waals surface area (Å²) in [5.41, 5.74) is 7.79. The fraction of sp³-hybridized carbons (Fsp3) is 0.769. The van der Waals surface area contributed by atoms with Gasteiger partial charge in [-0.3, -0.25) is 15.0 Å². The second-order valence-corrected chi connectivity index (χ2v) is 6.32. The monoisotopic (exact) mass is 351 g/mol. The summed E-state index contributed by atoms with van der Waals surface area (Å²) in [4.78, 5) is 35.0. The minimum atomic E-state index is -1.21. The molecule has 22 heavy (non-hydrogen) atoms. The molecule has 128 valence electrons. The lowest BCUT2D eigenvalue weighted by Gasteiger charge is -2.31. The van der Waals surface area contributed by atoms with Gasteiger partial charge in [0.2, 0.25) is 11.8 Å². The van der Waals surface area contributed by atoms with Crippen molar-refractivity contribution in [2.75, 3.05) is 6.54 Å². The first-order chi connectivity index (χ1) is 10.2. The third-order valence-electron chi connectivity index (χ3n) is 3.04. The molecule has 0 aliphatic rings. The topological polar surface area (TPSA) is 113 Å². The van der Waals surface area contributed by atoms with Crippen molar-refractivity contribution in [2.45, 2.75) is 56.1 Å². The molecule has 0 aromatic heterocycles. The van der Waals surface area contributed by atoms with Crippen LogP contribution in [-0.2, 0) is 14.4 Å². The molecule has 0 bridgehead atoms. The van der Waals surface area contributed by atoms with E-state index in [4.69, 9.17) is 5.73 Å². The highest BCUT2D eigenvalue weighted by Crippen LogP contribution is 2.18. The molecule has 0 saturated carbocycles. The lowest BCUT2D eigenvalue weighted by Crippen LogP contribution is -2.55. The number of rotatable bonds is 9. The minimum Gasteiger partial charge on any atom is -0.480 e. The summed E-state index contributed by atoms with van der Waals surface area (Å²) < 4.78 is 0. The van der Waals surface area contributed by atoms with Crippen LogP contribution in [0.25, 0.3) is 0 Å². The summed E-state index contributed by atoms with van der Waals surface area (Å²) in [7, 11) is 0. The largest absolute Gasteiger partial charge is 0.480 e. The van der Waals surface area contributed by atoms with Gasteiger partial charge in [0.1, 0.15) is 0 Å². The highest BCUT2D eigenvalue weighted by Gasteiger charge is 2.33. The number of hydrazine groups is 1. The third-order valence-corrected chi connectivity index (χ3v) is 4.41. The van der Waals surface area contributed by atoms with E-state index in [2.05, 4.69) is 30.7 Å². The highest BCUT2D eigenvalue weighted by molar-refractivity contribution is 7.85. The Morgan fingerprint density at radius 3 is 2.27 bits per heavy atom. The van der Waals surface area contributed by atoms with E-state index in [1.165, 1.54) is 6.92 Å². The molecule has 0 spiro atoms. The number of nitrogens with two attached hydrogens (primary N) is 1. The molecular weight excluding hydrogens is 326 g/mol. The molecule has 0 aromatic carbocycles. The Labute approximate surface area is 141 Å². The van der Waals surface area contributed by atoms with E-state index in [-0.39, 0.29) is 24.6 Å². The third kappa shape index (κ3) is 7.37. The number of unbranched alkanes of at least 4 members (excludes halogenated alkanes) is 1. The first-order valence-corrected chi connectivity index (χ1v) is 8.16. The molecule has 2 amide bonds. The second-order valence-electron chi connectivity index (χ2n) is 5.00. The Kier molecular flexibility index (Phi) is 10.3. The molecule has 0 rings (SSSR count). The number of aliphatic carboxylic acids is 1. The molecule has 4 N–H and O–H groups in total. The van der Waals surface area contributed by atoms with Gasteiger partial charge in [0.15, 0.2) is 6.04 Å². The maximum absolute atomic E-state index is 12.2. The maximum atomic E-state index is 12.2. The predicted octanol–water partition coefficient (Wildman–Crippen LogP) is 0.455. The van der Waals surface area contributed by atoms with Gasteiger partial charge >= 0.3 is 5.97 Å². The zero-order valence-corrected chi connectivity index (χ0v) is 14.6. The fourth-order valence-electron chi connectivity index (χ4n) is 1.79. The Hall–Kier alpha value is -0.930.